The van der Waals surface area contributed by atoms with Crippen LogP contribution in [0.2, 0.25) is 0 Å². The van der Waals surface area contributed by atoms with E-state index in [9.17, 15) is 0 Å². The van der Waals surface area contributed by atoms with Gasteiger partial charge in [0.25, 0.3) is 0 Å². The Hall–Kier alpha value is -0.710. The summed E-state index contributed by atoms with van der Waals surface area (Å²) in [4.78, 5) is 0. The summed E-state index contributed by atoms with van der Waals surface area (Å²) in [5.41, 5.74) is 2.60. The molecule has 1 aromatic rings. The van der Waals surface area contributed by atoms with Gasteiger partial charge >= 0.3 is 0 Å². The van der Waals surface area contributed by atoms with Crippen LogP contribution in [-0.2, 0) is 17.0 Å². The molecule has 18 heavy (non-hydrogen) atoms. The van der Waals surface area contributed by atoms with E-state index in [2.05, 4.69) is 30.4 Å². The summed E-state index contributed by atoms with van der Waals surface area (Å²) in [7, 11) is 1.74. The molecule has 1 N–H and O–H groups in total. The molecule has 1 fully saturated rings. The summed E-state index contributed by atoms with van der Waals surface area (Å²) in [5, 5.41) is 4.01. The number of thioether (sulfide) groups is 1. The number of methoxy groups -OCH3 is 1. The van der Waals surface area contributed by atoms with Crippen molar-refractivity contribution in [3.05, 3.63) is 29.3 Å². The van der Waals surface area contributed by atoms with Gasteiger partial charge in [-0.15, -0.1) is 11.8 Å². The fourth-order valence-corrected chi connectivity index (χ4v) is 2.87. The third-order valence-corrected chi connectivity index (χ3v) is 4.23. The molecule has 0 unspecified atom stereocenters. The van der Waals surface area contributed by atoms with Crippen molar-refractivity contribution in [2.24, 2.45) is 0 Å². The second kappa shape index (κ2) is 7.02. The van der Waals surface area contributed by atoms with E-state index in [1.807, 2.05) is 11.8 Å². The van der Waals surface area contributed by atoms with E-state index in [0.717, 1.165) is 37.8 Å². The highest BCUT2D eigenvalue weighted by Gasteiger charge is 2.19. The number of ether oxygens (including phenoxy) is 2. The lowest BCUT2D eigenvalue weighted by Gasteiger charge is -2.25. The minimum Gasteiger partial charge on any atom is -0.496 e. The van der Waals surface area contributed by atoms with Gasteiger partial charge in [0.2, 0.25) is 0 Å². The molecule has 1 aliphatic rings. The molecule has 4 heteroatoms. The largest absolute Gasteiger partial charge is 0.496 e. The van der Waals surface area contributed by atoms with Gasteiger partial charge in [-0.1, -0.05) is 13.0 Å². The third kappa shape index (κ3) is 3.64. The maximum Gasteiger partial charge on any atom is 0.122 e. The van der Waals surface area contributed by atoms with Crippen LogP contribution in [0.4, 0.5) is 0 Å². The second-order valence-corrected chi connectivity index (χ2v) is 5.69. The highest BCUT2D eigenvalue weighted by atomic mass is 32.2. The quantitative estimate of drug-likeness (QED) is 0.822. The summed E-state index contributed by atoms with van der Waals surface area (Å²) in [6.07, 6.45) is 0. The molecule has 0 atom stereocenters. The summed E-state index contributed by atoms with van der Waals surface area (Å²) < 4.78 is 10.6. The molecule has 100 valence electrons. The molecule has 1 heterocycles. The Morgan fingerprint density at radius 2 is 2.28 bits per heavy atom. The fraction of sp³-hybridized carbons (Fsp3) is 0.571. The highest BCUT2D eigenvalue weighted by Crippen LogP contribution is 2.29. The van der Waals surface area contributed by atoms with Gasteiger partial charge in [0.05, 0.1) is 25.6 Å². The van der Waals surface area contributed by atoms with Crippen molar-refractivity contribution in [3.8, 4) is 5.75 Å². The van der Waals surface area contributed by atoms with Crippen LogP contribution >= 0.6 is 11.8 Å². The summed E-state index contributed by atoms with van der Waals surface area (Å²) in [6, 6.07) is 6.44. The van der Waals surface area contributed by atoms with Crippen LogP contribution in [0, 0.1) is 0 Å². The van der Waals surface area contributed by atoms with Crippen LogP contribution in [0.5, 0.6) is 5.75 Å². The molecule has 1 aromatic carbocycles. The zero-order chi connectivity index (χ0) is 12.8. The highest BCUT2D eigenvalue weighted by molar-refractivity contribution is 7.99. The molecule has 2 rings (SSSR count). The molecular weight excluding hydrogens is 246 g/mol. The monoisotopic (exact) mass is 267 g/mol. The average molecular weight is 267 g/mol. The van der Waals surface area contributed by atoms with Crippen LogP contribution in [0.3, 0.4) is 0 Å². The summed E-state index contributed by atoms with van der Waals surface area (Å²) in [5.74, 6) is 1.99. The van der Waals surface area contributed by atoms with Crippen molar-refractivity contribution in [3.63, 3.8) is 0 Å². The zero-order valence-electron chi connectivity index (χ0n) is 11.1. The van der Waals surface area contributed by atoms with Gasteiger partial charge in [0.15, 0.2) is 0 Å². The molecule has 0 spiro atoms. The molecular formula is C14H21NO2S. The molecule has 0 aliphatic carbocycles. The van der Waals surface area contributed by atoms with E-state index in [-0.39, 0.29) is 0 Å². The maximum absolute atomic E-state index is 5.42. The Morgan fingerprint density at radius 3 is 2.89 bits per heavy atom. The van der Waals surface area contributed by atoms with E-state index in [0.29, 0.717) is 5.25 Å². The van der Waals surface area contributed by atoms with E-state index >= 15 is 0 Å². The van der Waals surface area contributed by atoms with E-state index in [4.69, 9.17) is 9.47 Å². The van der Waals surface area contributed by atoms with Crippen molar-refractivity contribution < 1.29 is 9.47 Å². The Morgan fingerprint density at radius 1 is 1.44 bits per heavy atom. The van der Waals surface area contributed by atoms with Crippen LogP contribution in [0.1, 0.15) is 18.1 Å². The van der Waals surface area contributed by atoms with Crippen LogP contribution in [0.25, 0.3) is 0 Å². The smallest absolute Gasteiger partial charge is 0.122 e. The minimum atomic E-state index is 0.659. The molecule has 0 aromatic heterocycles. The molecule has 0 amide bonds. The molecule has 3 nitrogen and oxygen atoms in total. The van der Waals surface area contributed by atoms with E-state index < -0.39 is 0 Å². The van der Waals surface area contributed by atoms with Gasteiger partial charge in [0.1, 0.15) is 5.75 Å². The molecule has 1 saturated heterocycles. The van der Waals surface area contributed by atoms with E-state index in [1.165, 1.54) is 11.1 Å². The average Bonchev–Trinajstić information content (AvgIpc) is 2.34. The molecule has 0 saturated carbocycles. The second-order valence-electron chi connectivity index (χ2n) is 4.40. The first-order chi connectivity index (χ1) is 8.83. The van der Waals surface area contributed by atoms with Gasteiger partial charge in [-0.2, -0.15) is 0 Å². The van der Waals surface area contributed by atoms with Gasteiger partial charge in [0, 0.05) is 17.9 Å². The summed E-state index contributed by atoms with van der Waals surface area (Å²) in [6.45, 7) is 5.82. The van der Waals surface area contributed by atoms with Gasteiger partial charge in [-0.3, -0.25) is 0 Å². The van der Waals surface area contributed by atoms with Crippen molar-refractivity contribution in [2.45, 2.75) is 24.5 Å². The Bertz CT molecular complexity index is 380. The Kier molecular flexibility index (Phi) is 5.35. The lowest BCUT2D eigenvalue weighted by Crippen LogP contribution is -2.30. The number of rotatable bonds is 7. The maximum atomic E-state index is 5.42. The lowest BCUT2D eigenvalue weighted by atomic mass is 10.1. The van der Waals surface area contributed by atoms with Gasteiger partial charge in [-0.05, 0) is 24.2 Å². The summed E-state index contributed by atoms with van der Waals surface area (Å²) >= 11 is 1.95. The fourth-order valence-electron chi connectivity index (χ4n) is 1.84. The van der Waals surface area contributed by atoms with Crippen molar-refractivity contribution in [2.75, 3.05) is 26.9 Å². The number of hydrogen-bond donors (Lipinski definition) is 1. The predicted octanol–water partition coefficient (Wildman–Crippen LogP) is 2.44. The van der Waals surface area contributed by atoms with Gasteiger partial charge in [-0.25, -0.2) is 0 Å². The van der Waals surface area contributed by atoms with Crippen molar-refractivity contribution in [1.82, 2.24) is 5.32 Å². The van der Waals surface area contributed by atoms with Crippen LogP contribution in [-0.4, -0.2) is 32.1 Å². The minimum absolute atomic E-state index is 0.659. The van der Waals surface area contributed by atoms with E-state index in [1.54, 1.807) is 7.11 Å². The SMILES string of the molecule is CCNCc1ccc(OC)c(CSC2COC2)c1. The van der Waals surface area contributed by atoms with Crippen LogP contribution in [0.15, 0.2) is 18.2 Å². The number of nitrogens with one attached hydrogen (secondary N) is 1. The first-order valence-electron chi connectivity index (χ1n) is 6.39. The predicted molar refractivity (Wildman–Crippen MR) is 76.3 cm³/mol. The van der Waals surface area contributed by atoms with Crippen molar-refractivity contribution >= 4 is 11.8 Å². The number of hydrogen-bond acceptors (Lipinski definition) is 4. The topological polar surface area (TPSA) is 30.5 Å². The Labute approximate surface area is 113 Å². The third-order valence-electron chi connectivity index (χ3n) is 3.01. The molecule has 0 radical (unpaired) electrons. The molecule has 0 bridgehead atoms. The lowest BCUT2D eigenvalue weighted by molar-refractivity contribution is 0.0455. The Balaban J connectivity index is 1.98. The van der Waals surface area contributed by atoms with Crippen LogP contribution < -0.4 is 10.1 Å². The first kappa shape index (κ1) is 13.7. The van der Waals surface area contributed by atoms with Gasteiger partial charge < -0.3 is 14.8 Å². The zero-order valence-corrected chi connectivity index (χ0v) is 11.9. The number of benzene rings is 1. The normalized spacial score (nSPS) is 15.4. The van der Waals surface area contributed by atoms with Crippen molar-refractivity contribution in [1.29, 1.82) is 0 Å². The first-order valence-corrected chi connectivity index (χ1v) is 7.44. The molecule has 1 aliphatic heterocycles. The standard InChI is InChI=1S/C14H21NO2S/c1-3-15-7-11-4-5-14(16-2)12(6-11)10-18-13-8-17-9-13/h4-6,13,15H,3,7-10H2,1-2H3.